The first-order chi connectivity index (χ1) is 7.19. The standard InChI is InChI=1S/C9H14BrN3OS/c1-6-5-7(15-8(6)10)9(13-11)12-3-4-14-2/h5H,3-4,11H2,1-2H3,(H,12,13). The van der Waals surface area contributed by atoms with Crippen LogP contribution in [0.4, 0.5) is 0 Å². The first-order valence-corrected chi connectivity index (χ1v) is 6.06. The fourth-order valence-corrected chi connectivity index (χ4v) is 2.53. The minimum absolute atomic E-state index is 0.594. The molecule has 4 nitrogen and oxygen atoms in total. The van der Waals surface area contributed by atoms with Crippen molar-refractivity contribution in [3.05, 3.63) is 20.3 Å². The summed E-state index contributed by atoms with van der Waals surface area (Å²) >= 11 is 5.07. The van der Waals surface area contributed by atoms with Crippen molar-refractivity contribution in [1.82, 2.24) is 5.43 Å². The Labute approximate surface area is 102 Å². The number of nitrogens with zero attached hydrogens (tertiary/aromatic N) is 1. The molecule has 0 saturated heterocycles. The molecule has 1 aromatic rings. The third kappa shape index (κ3) is 3.57. The Hall–Kier alpha value is -0.430. The molecule has 0 spiro atoms. The van der Waals surface area contributed by atoms with Gasteiger partial charge in [-0.2, -0.15) is 0 Å². The summed E-state index contributed by atoms with van der Waals surface area (Å²) in [6.07, 6.45) is 0. The van der Waals surface area contributed by atoms with Crippen molar-refractivity contribution in [1.29, 1.82) is 0 Å². The molecule has 0 aliphatic rings. The summed E-state index contributed by atoms with van der Waals surface area (Å²) in [6, 6.07) is 2.04. The summed E-state index contributed by atoms with van der Waals surface area (Å²) in [4.78, 5) is 5.33. The lowest BCUT2D eigenvalue weighted by Gasteiger charge is -2.02. The number of hydrazine groups is 1. The number of aryl methyl sites for hydroxylation is 1. The fraction of sp³-hybridized carbons (Fsp3) is 0.444. The Bertz CT molecular complexity index is 332. The molecule has 6 heteroatoms. The molecule has 3 N–H and O–H groups in total. The maximum absolute atomic E-state index is 5.42. The molecular formula is C9H14BrN3OS. The van der Waals surface area contributed by atoms with Gasteiger partial charge in [-0.05, 0) is 34.5 Å². The smallest absolute Gasteiger partial charge is 0.152 e. The molecule has 0 atom stereocenters. The number of hydrogen-bond donors (Lipinski definition) is 2. The number of hydrogen-bond acceptors (Lipinski definition) is 4. The van der Waals surface area contributed by atoms with Crippen LogP contribution >= 0.6 is 27.3 Å². The second-order valence-corrected chi connectivity index (χ2v) is 5.30. The van der Waals surface area contributed by atoms with E-state index >= 15 is 0 Å². The molecular weight excluding hydrogens is 278 g/mol. The van der Waals surface area contributed by atoms with Crippen LogP contribution in [0.25, 0.3) is 0 Å². The zero-order valence-electron chi connectivity index (χ0n) is 8.71. The van der Waals surface area contributed by atoms with E-state index in [4.69, 9.17) is 10.6 Å². The van der Waals surface area contributed by atoms with Gasteiger partial charge in [0.15, 0.2) is 5.84 Å². The number of aliphatic imine (C=N–C) groups is 1. The molecule has 0 unspecified atom stereocenters. The van der Waals surface area contributed by atoms with Crippen LogP contribution in [-0.2, 0) is 4.74 Å². The molecule has 84 valence electrons. The molecule has 1 aromatic heterocycles. The molecule has 0 fully saturated rings. The average Bonchev–Trinajstić information content (AvgIpc) is 2.54. The third-order valence-electron chi connectivity index (χ3n) is 1.79. The third-order valence-corrected chi connectivity index (χ3v) is 3.94. The first-order valence-electron chi connectivity index (χ1n) is 4.45. The van der Waals surface area contributed by atoms with Crippen molar-refractivity contribution in [2.24, 2.45) is 10.8 Å². The fourth-order valence-electron chi connectivity index (χ4n) is 1.02. The van der Waals surface area contributed by atoms with Crippen molar-refractivity contribution >= 4 is 33.1 Å². The first kappa shape index (κ1) is 12.6. The van der Waals surface area contributed by atoms with E-state index in [1.165, 1.54) is 5.56 Å². The maximum Gasteiger partial charge on any atom is 0.152 e. The van der Waals surface area contributed by atoms with Crippen LogP contribution in [0.1, 0.15) is 10.4 Å². The number of thiophene rings is 1. The lowest BCUT2D eigenvalue weighted by molar-refractivity contribution is 0.208. The largest absolute Gasteiger partial charge is 0.383 e. The summed E-state index contributed by atoms with van der Waals surface area (Å²) < 4.78 is 6.02. The van der Waals surface area contributed by atoms with E-state index in [-0.39, 0.29) is 0 Å². The summed E-state index contributed by atoms with van der Waals surface area (Å²) in [5.74, 6) is 6.12. The van der Waals surface area contributed by atoms with Gasteiger partial charge in [-0.3, -0.25) is 4.99 Å². The Balaban J connectivity index is 2.78. The molecule has 0 saturated carbocycles. The number of halogens is 1. The topological polar surface area (TPSA) is 59.6 Å². The molecule has 0 aliphatic heterocycles. The van der Waals surface area contributed by atoms with Crippen LogP contribution in [0.15, 0.2) is 14.8 Å². The Morgan fingerprint density at radius 3 is 2.93 bits per heavy atom. The van der Waals surface area contributed by atoms with Crippen LogP contribution in [0, 0.1) is 6.92 Å². The number of nitrogens with one attached hydrogen (secondary N) is 1. The van der Waals surface area contributed by atoms with Gasteiger partial charge < -0.3 is 10.2 Å². The second kappa shape index (κ2) is 6.22. The molecule has 0 aromatic carbocycles. The quantitative estimate of drug-likeness (QED) is 0.292. The number of amidine groups is 1. The summed E-state index contributed by atoms with van der Waals surface area (Å²) in [5.41, 5.74) is 3.79. The van der Waals surface area contributed by atoms with Gasteiger partial charge in [-0.1, -0.05) is 0 Å². The maximum atomic E-state index is 5.42. The lowest BCUT2D eigenvalue weighted by atomic mass is 10.3. The van der Waals surface area contributed by atoms with E-state index in [1.54, 1.807) is 18.4 Å². The van der Waals surface area contributed by atoms with Gasteiger partial charge in [0.05, 0.1) is 21.8 Å². The molecule has 0 radical (unpaired) electrons. The minimum atomic E-state index is 0.594. The van der Waals surface area contributed by atoms with E-state index in [2.05, 4.69) is 26.3 Å². The zero-order valence-corrected chi connectivity index (χ0v) is 11.1. The van der Waals surface area contributed by atoms with Crippen LogP contribution in [0.2, 0.25) is 0 Å². The van der Waals surface area contributed by atoms with Crippen molar-refractivity contribution in [3.63, 3.8) is 0 Å². The van der Waals surface area contributed by atoms with E-state index in [0.717, 1.165) is 8.66 Å². The van der Waals surface area contributed by atoms with Crippen molar-refractivity contribution < 1.29 is 4.74 Å². The molecule has 0 aliphatic carbocycles. The van der Waals surface area contributed by atoms with Crippen molar-refractivity contribution in [3.8, 4) is 0 Å². The summed E-state index contributed by atoms with van der Waals surface area (Å²) in [5, 5.41) is 0. The highest BCUT2D eigenvalue weighted by atomic mass is 79.9. The van der Waals surface area contributed by atoms with Gasteiger partial charge in [0, 0.05) is 7.11 Å². The predicted molar refractivity (Wildman–Crippen MR) is 67.4 cm³/mol. The van der Waals surface area contributed by atoms with Gasteiger partial charge in [-0.25, -0.2) is 5.84 Å². The molecule has 0 bridgehead atoms. The highest BCUT2D eigenvalue weighted by Gasteiger charge is 2.07. The summed E-state index contributed by atoms with van der Waals surface area (Å²) in [6.45, 7) is 3.23. The number of ether oxygens (including phenoxy) is 1. The van der Waals surface area contributed by atoms with E-state index in [9.17, 15) is 0 Å². The van der Waals surface area contributed by atoms with Crippen LogP contribution in [0.5, 0.6) is 0 Å². The Morgan fingerprint density at radius 1 is 1.73 bits per heavy atom. The summed E-state index contributed by atoms with van der Waals surface area (Å²) in [7, 11) is 1.65. The van der Waals surface area contributed by atoms with Crippen LogP contribution < -0.4 is 11.3 Å². The number of methoxy groups -OCH3 is 1. The SMILES string of the molecule is COCCN=C(NN)c1cc(C)c(Br)s1. The van der Waals surface area contributed by atoms with Crippen LogP contribution in [0.3, 0.4) is 0 Å². The monoisotopic (exact) mass is 291 g/mol. The lowest BCUT2D eigenvalue weighted by Crippen LogP contribution is -2.30. The zero-order chi connectivity index (χ0) is 11.3. The molecule has 15 heavy (non-hydrogen) atoms. The Morgan fingerprint density at radius 2 is 2.47 bits per heavy atom. The van der Waals surface area contributed by atoms with Gasteiger partial charge in [0.1, 0.15) is 0 Å². The van der Waals surface area contributed by atoms with Gasteiger partial charge >= 0.3 is 0 Å². The molecule has 1 heterocycles. The minimum Gasteiger partial charge on any atom is -0.383 e. The number of nitrogens with two attached hydrogens (primary N) is 1. The van der Waals surface area contributed by atoms with Crippen molar-refractivity contribution in [2.75, 3.05) is 20.3 Å². The average molecular weight is 292 g/mol. The van der Waals surface area contributed by atoms with Crippen LogP contribution in [-0.4, -0.2) is 26.1 Å². The van der Waals surface area contributed by atoms with E-state index in [0.29, 0.717) is 19.0 Å². The van der Waals surface area contributed by atoms with E-state index < -0.39 is 0 Å². The van der Waals surface area contributed by atoms with E-state index in [1.807, 2.05) is 13.0 Å². The van der Waals surface area contributed by atoms with Gasteiger partial charge in [0.25, 0.3) is 0 Å². The second-order valence-electron chi connectivity index (χ2n) is 2.93. The van der Waals surface area contributed by atoms with Crippen molar-refractivity contribution in [2.45, 2.75) is 6.92 Å². The predicted octanol–water partition coefficient (Wildman–Crippen LogP) is 1.68. The van der Waals surface area contributed by atoms with Gasteiger partial charge in [0.2, 0.25) is 0 Å². The Kier molecular flexibility index (Phi) is 5.24. The highest BCUT2D eigenvalue weighted by Crippen LogP contribution is 2.27. The highest BCUT2D eigenvalue weighted by molar-refractivity contribution is 9.11. The number of rotatable bonds is 4. The van der Waals surface area contributed by atoms with Gasteiger partial charge in [-0.15, -0.1) is 11.3 Å². The normalized spacial score (nSPS) is 11.9. The molecule has 1 rings (SSSR count). The molecule has 0 amide bonds.